The van der Waals surface area contributed by atoms with Gasteiger partial charge < -0.3 is 9.47 Å². The highest BCUT2D eigenvalue weighted by molar-refractivity contribution is 5.42. The van der Waals surface area contributed by atoms with Crippen molar-refractivity contribution in [2.75, 3.05) is 7.11 Å². The van der Waals surface area contributed by atoms with E-state index in [0.717, 1.165) is 5.56 Å². The number of rotatable bonds is 3. The van der Waals surface area contributed by atoms with E-state index in [2.05, 4.69) is 4.74 Å². The van der Waals surface area contributed by atoms with E-state index in [1.165, 1.54) is 19.2 Å². The minimum atomic E-state index is -4.68. The number of alkyl halides is 3. The molecular weight excluding hydrogens is 221 g/mol. The molecule has 5 heteroatoms. The van der Waals surface area contributed by atoms with Crippen LogP contribution in [0, 0.1) is 0 Å². The molecule has 0 unspecified atom stereocenters. The van der Waals surface area contributed by atoms with Gasteiger partial charge in [0.1, 0.15) is 11.5 Å². The van der Waals surface area contributed by atoms with Gasteiger partial charge >= 0.3 is 6.36 Å². The van der Waals surface area contributed by atoms with E-state index < -0.39 is 6.36 Å². The van der Waals surface area contributed by atoms with Gasteiger partial charge in [-0.1, -0.05) is 19.9 Å². The average molecular weight is 234 g/mol. The lowest BCUT2D eigenvalue weighted by Crippen LogP contribution is -2.17. The van der Waals surface area contributed by atoms with E-state index in [9.17, 15) is 13.2 Å². The van der Waals surface area contributed by atoms with Gasteiger partial charge in [0.2, 0.25) is 0 Å². The zero-order valence-electron chi connectivity index (χ0n) is 9.26. The van der Waals surface area contributed by atoms with Gasteiger partial charge in [0.05, 0.1) is 7.11 Å². The fourth-order valence-electron chi connectivity index (χ4n) is 1.37. The van der Waals surface area contributed by atoms with Crippen molar-refractivity contribution in [3.8, 4) is 11.5 Å². The van der Waals surface area contributed by atoms with Crippen molar-refractivity contribution in [1.29, 1.82) is 0 Å². The minimum Gasteiger partial charge on any atom is -0.496 e. The summed E-state index contributed by atoms with van der Waals surface area (Å²) in [5.74, 6) is 0.306. The largest absolute Gasteiger partial charge is 0.573 e. The molecule has 16 heavy (non-hydrogen) atoms. The van der Waals surface area contributed by atoms with Crippen LogP contribution in [0.3, 0.4) is 0 Å². The second-order valence-corrected chi connectivity index (χ2v) is 3.61. The molecule has 0 aliphatic rings. The number of halogens is 3. The second-order valence-electron chi connectivity index (χ2n) is 3.61. The smallest absolute Gasteiger partial charge is 0.496 e. The third-order valence-electron chi connectivity index (χ3n) is 2.06. The first-order chi connectivity index (χ1) is 7.33. The molecular formula is C11H13F3O2. The molecule has 1 aromatic rings. The Bertz CT molecular complexity index is 359. The van der Waals surface area contributed by atoms with Gasteiger partial charge in [0.25, 0.3) is 0 Å². The lowest BCUT2D eigenvalue weighted by atomic mass is 10.0. The molecule has 1 aromatic carbocycles. The Labute approximate surface area is 92.0 Å². The number of ether oxygens (including phenoxy) is 2. The maximum Gasteiger partial charge on any atom is 0.573 e. The summed E-state index contributed by atoms with van der Waals surface area (Å²) < 4.78 is 44.7. The van der Waals surface area contributed by atoms with E-state index in [4.69, 9.17) is 4.74 Å². The number of hydrogen-bond acceptors (Lipinski definition) is 2. The van der Waals surface area contributed by atoms with Crippen LogP contribution >= 0.6 is 0 Å². The molecule has 0 fully saturated rings. The molecule has 0 aliphatic carbocycles. The van der Waals surface area contributed by atoms with E-state index in [1.54, 1.807) is 6.07 Å². The molecule has 0 amide bonds. The minimum absolute atomic E-state index is 0.176. The SMILES string of the molecule is COc1cc(OC(F)(F)F)ccc1C(C)C. The number of benzene rings is 1. The van der Waals surface area contributed by atoms with E-state index in [-0.39, 0.29) is 11.7 Å². The van der Waals surface area contributed by atoms with Crippen molar-refractivity contribution in [3.63, 3.8) is 0 Å². The molecule has 0 heterocycles. The zero-order chi connectivity index (χ0) is 12.3. The molecule has 0 N–H and O–H groups in total. The first-order valence-electron chi connectivity index (χ1n) is 4.77. The van der Waals surface area contributed by atoms with Crippen molar-refractivity contribution in [2.24, 2.45) is 0 Å². The average Bonchev–Trinajstić information content (AvgIpc) is 2.14. The Morgan fingerprint density at radius 2 is 1.81 bits per heavy atom. The molecule has 90 valence electrons. The van der Waals surface area contributed by atoms with E-state index >= 15 is 0 Å². The fraction of sp³-hybridized carbons (Fsp3) is 0.455. The van der Waals surface area contributed by atoms with Gasteiger partial charge in [0.15, 0.2) is 0 Å². The monoisotopic (exact) mass is 234 g/mol. The normalized spacial score (nSPS) is 11.7. The van der Waals surface area contributed by atoms with Crippen LogP contribution in [-0.2, 0) is 0 Å². The first-order valence-corrected chi connectivity index (χ1v) is 4.77. The number of hydrogen-bond donors (Lipinski definition) is 0. The third kappa shape index (κ3) is 3.32. The Balaban J connectivity index is 3.00. The topological polar surface area (TPSA) is 18.5 Å². The Kier molecular flexibility index (Phi) is 3.67. The highest BCUT2D eigenvalue weighted by Gasteiger charge is 2.31. The quantitative estimate of drug-likeness (QED) is 0.793. The Hall–Kier alpha value is -1.39. The van der Waals surface area contributed by atoms with Gasteiger partial charge in [-0.05, 0) is 17.5 Å². The van der Waals surface area contributed by atoms with E-state index in [0.29, 0.717) is 5.75 Å². The lowest BCUT2D eigenvalue weighted by molar-refractivity contribution is -0.274. The maximum absolute atomic E-state index is 12.0. The predicted octanol–water partition coefficient (Wildman–Crippen LogP) is 3.72. The maximum atomic E-state index is 12.0. The van der Waals surface area contributed by atoms with Crippen LogP contribution in [0.4, 0.5) is 13.2 Å². The van der Waals surface area contributed by atoms with Crippen LogP contribution in [0.15, 0.2) is 18.2 Å². The van der Waals surface area contributed by atoms with Crippen molar-refractivity contribution >= 4 is 0 Å². The standard InChI is InChI=1S/C11H13F3O2/c1-7(2)9-5-4-8(6-10(9)15-3)16-11(12,13)14/h4-7H,1-3H3. The predicted molar refractivity (Wildman–Crippen MR) is 53.8 cm³/mol. The summed E-state index contributed by atoms with van der Waals surface area (Å²) in [5, 5.41) is 0. The van der Waals surface area contributed by atoms with Gasteiger partial charge in [0, 0.05) is 6.07 Å². The first kappa shape index (κ1) is 12.7. The summed E-state index contributed by atoms with van der Waals surface area (Å²) in [5.41, 5.74) is 0.844. The second kappa shape index (κ2) is 4.63. The van der Waals surface area contributed by atoms with E-state index in [1.807, 2.05) is 13.8 Å². The van der Waals surface area contributed by atoms with Gasteiger partial charge in [-0.3, -0.25) is 0 Å². The summed E-state index contributed by atoms with van der Waals surface area (Å²) in [6, 6.07) is 4.10. The molecule has 2 nitrogen and oxygen atoms in total. The van der Waals surface area contributed by atoms with Crippen LogP contribution < -0.4 is 9.47 Å². The molecule has 0 saturated carbocycles. The molecule has 1 rings (SSSR count). The zero-order valence-corrected chi connectivity index (χ0v) is 9.26. The third-order valence-corrected chi connectivity index (χ3v) is 2.06. The molecule has 0 aliphatic heterocycles. The van der Waals surface area contributed by atoms with Crippen LogP contribution in [-0.4, -0.2) is 13.5 Å². The molecule has 0 bridgehead atoms. The summed E-state index contributed by atoms with van der Waals surface area (Å²) in [6.07, 6.45) is -4.68. The summed E-state index contributed by atoms with van der Waals surface area (Å²) in [4.78, 5) is 0. The van der Waals surface area contributed by atoms with Gasteiger partial charge in [-0.2, -0.15) is 0 Å². The molecule has 0 saturated heterocycles. The van der Waals surface area contributed by atoms with Crippen LogP contribution in [0.5, 0.6) is 11.5 Å². The van der Waals surface area contributed by atoms with Crippen LogP contribution in [0.25, 0.3) is 0 Å². The molecule has 0 aromatic heterocycles. The van der Waals surface area contributed by atoms with Crippen molar-refractivity contribution in [2.45, 2.75) is 26.1 Å². The van der Waals surface area contributed by atoms with Crippen molar-refractivity contribution < 1.29 is 22.6 Å². The highest BCUT2D eigenvalue weighted by Crippen LogP contribution is 2.32. The Morgan fingerprint density at radius 3 is 2.25 bits per heavy atom. The number of methoxy groups -OCH3 is 1. The fourth-order valence-corrected chi connectivity index (χ4v) is 1.37. The molecule has 0 atom stereocenters. The van der Waals surface area contributed by atoms with Crippen molar-refractivity contribution in [1.82, 2.24) is 0 Å². The van der Waals surface area contributed by atoms with Gasteiger partial charge in [-0.25, -0.2) is 0 Å². The summed E-state index contributed by atoms with van der Waals surface area (Å²) in [7, 11) is 1.42. The van der Waals surface area contributed by atoms with Gasteiger partial charge in [-0.15, -0.1) is 13.2 Å². The van der Waals surface area contributed by atoms with Crippen LogP contribution in [0.2, 0.25) is 0 Å². The molecule has 0 radical (unpaired) electrons. The van der Waals surface area contributed by atoms with Crippen LogP contribution in [0.1, 0.15) is 25.3 Å². The summed E-state index contributed by atoms with van der Waals surface area (Å²) in [6.45, 7) is 3.87. The Morgan fingerprint density at radius 1 is 1.19 bits per heavy atom. The van der Waals surface area contributed by atoms with Crippen molar-refractivity contribution in [3.05, 3.63) is 23.8 Å². The lowest BCUT2D eigenvalue weighted by Gasteiger charge is -2.14. The molecule has 0 spiro atoms. The highest BCUT2D eigenvalue weighted by atomic mass is 19.4. The summed E-state index contributed by atoms with van der Waals surface area (Å²) >= 11 is 0.